The fourth-order valence-corrected chi connectivity index (χ4v) is 2.86. The van der Waals surface area contributed by atoms with E-state index in [0.29, 0.717) is 0 Å². The Morgan fingerprint density at radius 3 is 2.26 bits per heavy atom. The first-order valence-electron chi connectivity index (χ1n) is 6.13. The van der Waals surface area contributed by atoms with E-state index < -0.39 is 33.3 Å². The minimum absolute atomic E-state index is 0.00912. The van der Waals surface area contributed by atoms with Gasteiger partial charge < -0.3 is 15.3 Å². The number of hydrogen-bond acceptors (Lipinski definition) is 5. The predicted molar refractivity (Wildman–Crippen MR) is 79.3 cm³/mol. The standard InChI is InChI=1S/C14H11NO7S/c16-12-5-4-10(7-11(12)14(19)20)23(21,22)15-9-3-1-2-8(6-9)13(17)18/h1-7,15-16H,(H,17,18)(H,19,20). The van der Waals surface area contributed by atoms with Crippen molar-refractivity contribution in [2.24, 2.45) is 0 Å². The molecular formula is C14H11NO7S. The largest absolute Gasteiger partial charge is 0.507 e. The van der Waals surface area contributed by atoms with E-state index in [1.54, 1.807) is 0 Å². The van der Waals surface area contributed by atoms with Crippen molar-refractivity contribution in [3.05, 3.63) is 53.6 Å². The molecule has 0 bridgehead atoms. The summed E-state index contributed by atoms with van der Waals surface area (Å²) in [7, 11) is -4.15. The summed E-state index contributed by atoms with van der Waals surface area (Å²) in [6.07, 6.45) is 0. The molecule has 0 spiro atoms. The molecule has 0 heterocycles. The molecule has 0 aliphatic carbocycles. The summed E-state index contributed by atoms with van der Waals surface area (Å²) in [6.45, 7) is 0. The Morgan fingerprint density at radius 1 is 0.957 bits per heavy atom. The molecule has 0 radical (unpaired) electrons. The Morgan fingerprint density at radius 2 is 1.65 bits per heavy atom. The second kappa shape index (κ2) is 5.97. The lowest BCUT2D eigenvalue weighted by Gasteiger charge is -2.10. The molecule has 8 nitrogen and oxygen atoms in total. The maximum Gasteiger partial charge on any atom is 0.339 e. The molecule has 4 N–H and O–H groups in total. The van der Waals surface area contributed by atoms with Crippen molar-refractivity contribution >= 4 is 27.6 Å². The van der Waals surface area contributed by atoms with Gasteiger partial charge in [-0.2, -0.15) is 0 Å². The van der Waals surface area contributed by atoms with Gasteiger partial charge >= 0.3 is 11.9 Å². The van der Waals surface area contributed by atoms with Gasteiger partial charge in [-0.1, -0.05) is 6.07 Å². The second-order valence-electron chi connectivity index (χ2n) is 4.48. The molecule has 9 heteroatoms. The lowest BCUT2D eigenvalue weighted by Crippen LogP contribution is -2.14. The van der Waals surface area contributed by atoms with Crippen LogP contribution in [0.15, 0.2) is 47.4 Å². The number of phenols is 1. The Bertz CT molecular complexity index is 890. The summed E-state index contributed by atoms with van der Waals surface area (Å²) >= 11 is 0. The van der Waals surface area contributed by atoms with Crippen LogP contribution < -0.4 is 4.72 Å². The minimum Gasteiger partial charge on any atom is -0.507 e. The number of nitrogens with one attached hydrogen (secondary N) is 1. The zero-order valence-corrected chi connectivity index (χ0v) is 12.2. The summed E-state index contributed by atoms with van der Waals surface area (Å²) < 4.78 is 26.6. The van der Waals surface area contributed by atoms with Crippen LogP contribution in [0.1, 0.15) is 20.7 Å². The predicted octanol–water partition coefficient (Wildman–Crippen LogP) is 1.59. The topological polar surface area (TPSA) is 141 Å². The van der Waals surface area contributed by atoms with Gasteiger partial charge in [0.15, 0.2) is 0 Å². The smallest absolute Gasteiger partial charge is 0.339 e. The highest BCUT2D eigenvalue weighted by atomic mass is 32.2. The summed E-state index contributed by atoms with van der Waals surface area (Å²) in [4.78, 5) is 21.4. The lowest BCUT2D eigenvalue weighted by atomic mass is 10.2. The highest BCUT2D eigenvalue weighted by Crippen LogP contribution is 2.23. The number of aromatic hydroxyl groups is 1. The molecule has 0 aromatic heterocycles. The van der Waals surface area contributed by atoms with Crippen molar-refractivity contribution in [1.29, 1.82) is 0 Å². The minimum atomic E-state index is -4.15. The van der Waals surface area contributed by atoms with E-state index in [1.165, 1.54) is 18.2 Å². The molecule has 2 rings (SSSR count). The van der Waals surface area contributed by atoms with Crippen LogP contribution in [0.2, 0.25) is 0 Å². The molecule has 0 amide bonds. The summed E-state index contributed by atoms with van der Waals surface area (Å²) in [5.74, 6) is -3.26. The molecule has 2 aromatic carbocycles. The zero-order chi connectivity index (χ0) is 17.2. The number of carboxylic acids is 2. The third-order valence-electron chi connectivity index (χ3n) is 2.87. The van der Waals surface area contributed by atoms with Crippen LogP contribution in [-0.2, 0) is 10.0 Å². The molecule has 0 aliphatic heterocycles. The van der Waals surface area contributed by atoms with Gasteiger partial charge in [-0.25, -0.2) is 18.0 Å². The molecule has 0 saturated heterocycles. The third kappa shape index (κ3) is 3.58. The second-order valence-corrected chi connectivity index (χ2v) is 6.16. The van der Waals surface area contributed by atoms with Gasteiger partial charge in [0.25, 0.3) is 10.0 Å². The van der Waals surface area contributed by atoms with Gasteiger partial charge in [-0.3, -0.25) is 4.72 Å². The van der Waals surface area contributed by atoms with E-state index in [-0.39, 0.29) is 16.1 Å². The first-order chi connectivity index (χ1) is 10.7. The van der Waals surface area contributed by atoms with E-state index in [9.17, 15) is 23.1 Å². The molecular weight excluding hydrogens is 326 g/mol. The number of benzene rings is 2. The van der Waals surface area contributed by atoms with Crippen LogP contribution in [-0.4, -0.2) is 35.7 Å². The van der Waals surface area contributed by atoms with Crippen LogP contribution in [0, 0.1) is 0 Å². The van der Waals surface area contributed by atoms with Gasteiger partial charge in [-0.15, -0.1) is 0 Å². The number of aromatic carboxylic acids is 2. The van der Waals surface area contributed by atoms with E-state index in [1.807, 2.05) is 0 Å². The molecule has 0 atom stereocenters. The number of sulfonamides is 1. The number of anilines is 1. The van der Waals surface area contributed by atoms with Crippen molar-refractivity contribution in [3.63, 3.8) is 0 Å². The molecule has 0 fully saturated rings. The van der Waals surface area contributed by atoms with Crippen LogP contribution in [0.5, 0.6) is 5.75 Å². The maximum absolute atomic E-state index is 12.2. The number of carboxylic acid groups (broad SMARTS) is 2. The Kier molecular flexibility index (Phi) is 4.23. The van der Waals surface area contributed by atoms with Crippen molar-refractivity contribution in [2.45, 2.75) is 4.90 Å². The first-order valence-corrected chi connectivity index (χ1v) is 7.61. The first kappa shape index (κ1) is 16.3. The Labute approximate surface area is 130 Å². The fraction of sp³-hybridized carbons (Fsp3) is 0. The Balaban J connectivity index is 2.40. The van der Waals surface area contributed by atoms with Gasteiger partial charge in [0, 0.05) is 5.69 Å². The van der Waals surface area contributed by atoms with Crippen molar-refractivity contribution < 1.29 is 33.3 Å². The van der Waals surface area contributed by atoms with Crippen molar-refractivity contribution in [3.8, 4) is 5.75 Å². The van der Waals surface area contributed by atoms with Crippen LogP contribution in [0.3, 0.4) is 0 Å². The normalized spacial score (nSPS) is 11.0. The van der Waals surface area contributed by atoms with Crippen molar-refractivity contribution in [1.82, 2.24) is 0 Å². The molecule has 0 unspecified atom stereocenters. The van der Waals surface area contributed by atoms with Crippen LogP contribution in [0.25, 0.3) is 0 Å². The zero-order valence-electron chi connectivity index (χ0n) is 11.4. The summed E-state index contributed by atoms with van der Waals surface area (Å²) in [5.41, 5.74) is -0.663. The highest BCUT2D eigenvalue weighted by Gasteiger charge is 2.19. The van der Waals surface area contributed by atoms with E-state index in [4.69, 9.17) is 10.2 Å². The van der Waals surface area contributed by atoms with Crippen molar-refractivity contribution in [2.75, 3.05) is 4.72 Å². The number of carbonyl (C=O) groups is 2. The van der Waals surface area contributed by atoms with Crippen LogP contribution in [0.4, 0.5) is 5.69 Å². The van der Waals surface area contributed by atoms with E-state index >= 15 is 0 Å². The summed E-state index contributed by atoms with van der Waals surface area (Å²) in [6, 6.07) is 7.92. The van der Waals surface area contributed by atoms with Gasteiger partial charge in [0.05, 0.1) is 10.5 Å². The Hall–Kier alpha value is -3.07. The summed E-state index contributed by atoms with van der Waals surface area (Å²) in [5, 5.41) is 27.2. The average Bonchev–Trinajstić information content (AvgIpc) is 2.46. The SMILES string of the molecule is O=C(O)c1cccc(NS(=O)(=O)c2ccc(O)c(C(=O)O)c2)c1. The molecule has 2 aromatic rings. The molecule has 0 saturated carbocycles. The fourth-order valence-electron chi connectivity index (χ4n) is 1.78. The monoisotopic (exact) mass is 337 g/mol. The quantitative estimate of drug-likeness (QED) is 0.649. The number of rotatable bonds is 5. The van der Waals surface area contributed by atoms with Crippen LogP contribution >= 0.6 is 0 Å². The van der Waals surface area contributed by atoms with E-state index in [2.05, 4.69) is 4.72 Å². The molecule has 120 valence electrons. The highest BCUT2D eigenvalue weighted by molar-refractivity contribution is 7.92. The lowest BCUT2D eigenvalue weighted by molar-refractivity contribution is 0.0684. The molecule has 0 aliphatic rings. The molecule has 23 heavy (non-hydrogen) atoms. The van der Waals surface area contributed by atoms with Gasteiger partial charge in [-0.05, 0) is 36.4 Å². The van der Waals surface area contributed by atoms with Gasteiger partial charge in [0.1, 0.15) is 11.3 Å². The maximum atomic E-state index is 12.2. The number of hydrogen-bond donors (Lipinski definition) is 4. The third-order valence-corrected chi connectivity index (χ3v) is 4.25. The average molecular weight is 337 g/mol. The van der Waals surface area contributed by atoms with Gasteiger partial charge in [0.2, 0.25) is 0 Å². The van der Waals surface area contributed by atoms with E-state index in [0.717, 1.165) is 24.3 Å².